The number of hydrogen-bond donors (Lipinski definition) is 0. The zero-order chi connectivity index (χ0) is 19.4. The molecule has 1 aliphatic rings. The van der Waals surface area contributed by atoms with Crippen LogP contribution in [0.4, 0.5) is 0 Å². The summed E-state index contributed by atoms with van der Waals surface area (Å²) in [5.41, 5.74) is 1.12. The highest BCUT2D eigenvalue weighted by atomic mass is 35.5. The van der Waals surface area contributed by atoms with Gasteiger partial charge in [0.15, 0.2) is 6.61 Å². The van der Waals surface area contributed by atoms with Crippen LogP contribution in [-0.4, -0.2) is 56.3 Å². The van der Waals surface area contributed by atoms with Crippen molar-refractivity contribution in [2.45, 2.75) is 11.8 Å². The maximum atomic E-state index is 12.7. The van der Waals surface area contributed by atoms with Crippen molar-refractivity contribution >= 4 is 27.5 Å². The lowest BCUT2D eigenvalue weighted by Crippen LogP contribution is -2.51. The molecule has 0 N–H and O–H groups in total. The lowest BCUT2D eigenvalue weighted by molar-refractivity contribution is -0.134. The number of rotatable bonds is 5. The molecule has 6 nitrogen and oxygen atoms in total. The second-order valence-corrected chi connectivity index (χ2v) is 8.71. The van der Waals surface area contributed by atoms with Crippen molar-refractivity contribution < 1.29 is 17.9 Å². The van der Waals surface area contributed by atoms with E-state index in [1.165, 1.54) is 16.4 Å². The Morgan fingerprint density at radius 1 is 1.00 bits per heavy atom. The Kier molecular flexibility index (Phi) is 6.04. The van der Waals surface area contributed by atoms with Crippen LogP contribution >= 0.6 is 11.6 Å². The fourth-order valence-electron chi connectivity index (χ4n) is 2.80. The van der Waals surface area contributed by atoms with E-state index in [-0.39, 0.29) is 30.5 Å². The summed E-state index contributed by atoms with van der Waals surface area (Å²) in [7, 11) is -3.58. The number of carbonyl (C=O) groups is 1. The molecule has 144 valence electrons. The molecule has 0 saturated carbocycles. The van der Waals surface area contributed by atoms with Crippen molar-refractivity contribution in [2.24, 2.45) is 0 Å². The Morgan fingerprint density at radius 2 is 1.59 bits per heavy atom. The molecule has 1 aliphatic heterocycles. The molecule has 2 aromatic rings. The maximum absolute atomic E-state index is 12.7. The third-order valence-electron chi connectivity index (χ3n) is 4.43. The van der Waals surface area contributed by atoms with Gasteiger partial charge in [-0.1, -0.05) is 29.3 Å². The molecule has 8 heteroatoms. The molecule has 0 aromatic heterocycles. The van der Waals surface area contributed by atoms with Gasteiger partial charge in [0.1, 0.15) is 5.75 Å². The van der Waals surface area contributed by atoms with Gasteiger partial charge in [-0.05, 0) is 43.3 Å². The van der Waals surface area contributed by atoms with Crippen LogP contribution < -0.4 is 4.74 Å². The highest BCUT2D eigenvalue weighted by Crippen LogP contribution is 2.20. The van der Waals surface area contributed by atoms with E-state index in [1.54, 1.807) is 17.0 Å². The number of nitrogens with zero attached hydrogens (tertiary/aromatic N) is 2. The van der Waals surface area contributed by atoms with Crippen molar-refractivity contribution in [3.8, 4) is 5.75 Å². The first-order valence-corrected chi connectivity index (χ1v) is 10.4. The summed E-state index contributed by atoms with van der Waals surface area (Å²) in [4.78, 5) is 14.2. The summed E-state index contributed by atoms with van der Waals surface area (Å²) in [6.07, 6.45) is 0. The topological polar surface area (TPSA) is 66.9 Å². The molecule has 0 bridgehead atoms. The zero-order valence-electron chi connectivity index (χ0n) is 15.0. The van der Waals surface area contributed by atoms with Gasteiger partial charge in [-0.15, -0.1) is 0 Å². The van der Waals surface area contributed by atoms with Crippen LogP contribution in [0.25, 0.3) is 0 Å². The molecule has 0 aliphatic carbocycles. The van der Waals surface area contributed by atoms with Gasteiger partial charge in [-0.25, -0.2) is 8.42 Å². The van der Waals surface area contributed by atoms with E-state index >= 15 is 0 Å². The van der Waals surface area contributed by atoms with E-state index in [2.05, 4.69) is 0 Å². The second-order valence-electron chi connectivity index (χ2n) is 6.34. The normalized spacial score (nSPS) is 15.6. The Morgan fingerprint density at radius 3 is 2.19 bits per heavy atom. The van der Waals surface area contributed by atoms with Gasteiger partial charge in [0.2, 0.25) is 10.0 Å². The summed E-state index contributed by atoms with van der Waals surface area (Å²) >= 11 is 5.82. The highest BCUT2D eigenvalue weighted by molar-refractivity contribution is 7.89. The van der Waals surface area contributed by atoms with Gasteiger partial charge in [-0.3, -0.25) is 4.79 Å². The third-order valence-corrected chi connectivity index (χ3v) is 6.59. The Labute approximate surface area is 164 Å². The van der Waals surface area contributed by atoms with Gasteiger partial charge in [0, 0.05) is 31.2 Å². The quantitative estimate of drug-likeness (QED) is 0.762. The minimum atomic E-state index is -3.58. The smallest absolute Gasteiger partial charge is 0.260 e. The third kappa shape index (κ3) is 4.80. The van der Waals surface area contributed by atoms with Crippen LogP contribution in [0.15, 0.2) is 53.4 Å². The maximum Gasteiger partial charge on any atom is 0.260 e. The Bertz CT molecular complexity index is 890. The lowest BCUT2D eigenvalue weighted by atomic mass is 10.2. The van der Waals surface area contributed by atoms with E-state index < -0.39 is 10.0 Å². The standard InChI is InChI=1S/C19H21ClN2O4S/c1-15-2-6-17(7-3-15)26-14-19(23)21-10-12-22(13-11-21)27(24,25)18-8-4-16(20)5-9-18/h2-9H,10-14H2,1H3. The van der Waals surface area contributed by atoms with Gasteiger partial charge >= 0.3 is 0 Å². The minimum Gasteiger partial charge on any atom is -0.484 e. The molecule has 27 heavy (non-hydrogen) atoms. The number of carbonyl (C=O) groups excluding carboxylic acids is 1. The molecule has 1 saturated heterocycles. The number of halogens is 1. The minimum absolute atomic E-state index is 0.0625. The molecule has 3 rings (SSSR count). The molecule has 1 fully saturated rings. The molecular formula is C19H21ClN2O4S. The predicted octanol–water partition coefficient (Wildman–Crippen LogP) is 2.56. The molecule has 0 unspecified atom stereocenters. The number of aryl methyl sites for hydroxylation is 1. The fourth-order valence-corrected chi connectivity index (χ4v) is 4.35. The molecule has 0 radical (unpaired) electrons. The van der Waals surface area contributed by atoms with Crippen molar-refractivity contribution in [3.63, 3.8) is 0 Å². The molecule has 1 amide bonds. The molecule has 1 heterocycles. The largest absolute Gasteiger partial charge is 0.484 e. The number of piperazine rings is 1. The van der Waals surface area contributed by atoms with Crippen LogP contribution in [0.5, 0.6) is 5.75 Å². The van der Waals surface area contributed by atoms with Crippen LogP contribution in [-0.2, 0) is 14.8 Å². The SMILES string of the molecule is Cc1ccc(OCC(=O)N2CCN(S(=O)(=O)c3ccc(Cl)cc3)CC2)cc1. The average molecular weight is 409 g/mol. The van der Waals surface area contributed by atoms with Gasteiger partial charge in [0.05, 0.1) is 4.90 Å². The highest BCUT2D eigenvalue weighted by Gasteiger charge is 2.30. The Balaban J connectivity index is 1.54. The number of ether oxygens (including phenoxy) is 1. The molecule has 0 atom stereocenters. The van der Waals surface area contributed by atoms with Crippen molar-refractivity contribution in [1.82, 2.24) is 9.21 Å². The van der Waals surface area contributed by atoms with E-state index in [1.807, 2.05) is 31.2 Å². The number of benzene rings is 2. The first-order valence-electron chi connectivity index (χ1n) is 8.59. The van der Waals surface area contributed by atoms with Crippen LogP contribution in [0.2, 0.25) is 5.02 Å². The first-order chi connectivity index (χ1) is 12.9. The van der Waals surface area contributed by atoms with E-state index in [4.69, 9.17) is 16.3 Å². The fraction of sp³-hybridized carbons (Fsp3) is 0.316. The summed E-state index contributed by atoms with van der Waals surface area (Å²) in [5.74, 6) is 0.483. The van der Waals surface area contributed by atoms with Crippen molar-refractivity contribution in [3.05, 3.63) is 59.1 Å². The monoisotopic (exact) mass is 408 g/mol. The molecule has 0 spiro atoms. The summed E-state index contributed by atoms with van der Waals surface area (Å²) in [6, 6.07) is 13.6. The zero-order valence-corrected chi connectivity index (χ0v) is 16.5. The van der Waals surface area contributed by atoms with Gasteiger partial charge < -0.3 is 9.64 Å². The van der Waals surface area contributed by atoms with E-state index in [0.29, 0.717) is 23.9 Å². The van der Waals surface area contributed by atoms with Crippen LogP contribution in [0, 0.1) is 6.92 Å². The van der Waals surface area contributed by atoms with E-state index in [0.717, 1.165) is 5.56 Å². The Hall–Kier alpha value is -2.09. The number of amides is 1. The summed E-state index contributed by atoms with van der Waals surface area (Å²) < 4.78 is 32.2. The lowest BCUT2D eigenvalue weighted by Gasteiger charge is -2.34. The first kappa shape index (κ1) is 19.7. The predicted molar refractivity (Wildman–Crippen MR) is 103 cm³/mol. The second kappa shape index (κ2) is 8.29. The van der Waals surface area contributed by atoms with Gasteiger partial charge in [-0.2, -0.15) is 4.31 Å². The van der Waals surface area contributed by atoms with Gasteiger partial charge in [0.25, 0.3) is 5.91 Å². The number of hydrogen-bond acceptors (Lipinski definition) is 4. The molecular weight excluding hydrogens is 388 g/mol. The summed E-state index contributed by atoms with van der Waals surface area (Å²) in [6.45, 7) is 3.09. The van der Waals surface area contributed by atoms with Crippen LogP contribution in [0.1, 0.15) is 5.56 Å². The van der Waals surface area contributed by atoms with Crippen LogP contribution in [0.3, 0.4) is 0 Å². The average Bonchev–Trinajstić information content (AvgIpc) is 2.68. The van der Waals surface area contributed by atoms with E-state index in [9.17, 15) is 13.2 Å². The molecule has 2 aromatic carbocycles. The summed E-state index contributed by atoms with van der Waals surface area (Å²) in [5, 5.41) is 0.484. The number of sulfonamides is 1. The van der Waals surface area contributed by atoms with Crippen molar-refractivity contribution in [1.29, 1.82) is 0 Å². The van der Waals surface area contributed by atoms with Crippen molar-refractivity contribution in [2.75, 3.05) is 32.8 Å².